The van der Waals surface area contributed by atoms with Crippen LogP contribution in [0, 0.1) is 23.7 Å². The third kappa shape index (κ3) is 4.14. The molecule has 27 heavy (non-hydrogen) atoms. The Hall–Kier alpha value is -0.820. The first-order valence-corrected chi connectivity index (χ1v) is 10.7. The Balaban J connectivity index is 1.40. The van der Waals surface area contributed by atoms with E-state index in [0.717, 1.165) is 38.6 Å². The molecule has 7 heteroatoms. The highest BCUT2D eigenvalue weighted by Crippen LogP contribution is 2.44. The van der Waals surface area contributed by atoms with Crippen molar-refractivity contribution in [2.75, 3.05) is 6.54 Å². The van der Waals surface area contributed by atoms with Gasteiger partial charge < -0.3 is 16.0 Å². The second-order valence-electron chi connectivity index (χ2n) is 9.29. The Kier molecular flexibility index (Phi) is 5.45. The van der Waals surface area contributed by atoms with Crippen LogP contribution in [0.15, 0.2) is 0 Å². The van der Waals surface area contributed by atoms with E-state index in [1.807, 2.05) is 0 Å². The van der Waals surface area contributed by atoms with Crippen molar-refractivity contribution in [3.05, 3.63) is 0 Å². The van der Waals surface area contributed by atoms with Crippen LogP contribution < -0.4 is 16.0 Å². The number of rotatable bonds is 4. The highest BCUT2D eigenvalue weighted by Gasteiger charge is 2.53. The number of carbonyl (C=O) groups is 1. The van der Waals surface area contributed by atoms with Gasteiger partial charge in [-0.3, -0.25) is 4.79 Å². The Labute approximate surface area is 159 Å². The van der Waals surface area contributed by atoms with Crippen molar-refractivity contribution in [3.63, 3.8) is 0 Å². The van der Waals surface area contributed by atoms with Gasteiger partial charge in [0.25, 0.3) is 0 Å². The number of carbonyl (C=O) groups excluding carboxylic acids is 1. The molecule has 0 aromatic rings. The molecular formula is C20H32F3N3O. The quantitative estimate of drug-likeness (QED) is 0.695. The van der Waals surface area contributed by atoms with Crippen LogP contribution in [0.1, 0.15) is 58.3 Å². The summed E-state index contributed by atoms with van der Waals surface area (Å²) < 4.78 is 40.1. The summed E-state index contributed by atoms with van der Waals surface area (Å²) in [4.78, 5) is 13.0. The summed E-state index contributed by atoms with van der Waals surface area (Å²) in [6, 6.07) is -0.693. The first kappa shape index (κ1) is 19.5. The van der Waals surface area contributed by atoms with E-state index in [0.29, 0.717) is 24.7 Å². The molecule has 2 saturated carbocycles. The molecule has 0 aromatic heterocycles. The molecule has 4 nitrogen and oxygen atoms in total. The Morgan fingerprint density at radius 1 is 1.11 bits per heavy atom. The van der Waals surface area contributed by atoms with Crippen LogP contribution in [-0.4, -0.2) is 42.8 Å². The molecule has 7 unspecified atom stereocenters. The van der Waals surface area contributed by atoms with E-state index in [1.54, 1.807) is 0 Å². The highest BCUT2D eigenvalue weighted by atomic mass is 19.4. The zero-order chi connectivity index (χ0) is 19.2. The molecule has 2 aliphatic heterocycles. The fourth-order valence-electron chi connectivity index (χ4n) is 5.73. The average Bonchev–Trinajstić information content (AvgIpc) is 3.36. The second-order valence-corrected chi connectivity index (χ2v) is 9.29. The van der Waals surface area contributed by atoms with Crippen molar-refractivity contribution in [1.82, 2.24) is 16.0 Å². The van der Waals surface area contributed by atoms with Gasteiger partial charge in [0.05, 0.1) is 12.0 Å². The fourth-order valence-corrected chi connectivity index (χ4v) is 5.73. The highest BCUT2D eigenvalue weighted by molar-refractivity contribution is 5.82. The largest absolute Gasteiger partial charge is 0.393 e. The maximum Gasteiger partial charge on any atom is 0.393 e. The zero-order valence-electron chi connectivity index (χ0n) is 16.0. The van der Waals surface area contributed by atoms with Crippen molar-refractivity contribution < 1.29 is 18.0 Å². The van der Waals surface area contributed by atoms with Gasteiger partial charge in [-0.1, -0.05) is 13.3 Å². The van der Waals surface area contributed by atoms with Crippen LogP contribution >= 0.6 is 0 Å². The Morgan fingerprint density at radius 3 is 2.56 bits per heavy atom. The van der Waals surface area contributed by atoms with Gasteiger partial charge in [0, 0.05) is 18.1 Å². The summed E-state index contributed by atoms with van der Waals surface area (Å²) in [5.74, 6) is -0.417. The van der Waals surface area contributed by atoms with E-state index < -0.39 is 24.2 Å². The van der Waals surface area contributed by atoms with E-state index >= 15 is 0 Å². The maximum atomic E-state index is 13.4. The van der Waals surface area contributed by atoms with E-state index in [2.05, 4.69) is 22.9 Å². The lowest BCUT2D eigenvalue weighted by atomic mass is 9.77. The topological polar surface area (TPSA) is 53.2 Å². The minimum Gasteiger partial charge on any atom is -0.350 e. The number of amides is 1. The van der Waals surface area contributed by atoms with E-state index in [-0.39, 0.29) is 30.3 Å². The van der Waals surface area contributed by atoms with Gasteiger partial charge in [0.2, 0.25) is 5.91 Å². The number of alkyl halides is 3. The van der Waals surface area contributed by atoms with Crippen LogP contribution in [0.3, 0.4) is 0 Å². The number of hydrogen-bond acceptors (Lipinski definition) is 3. The third-order valence-corrected chi connectivity index (χ3v) is 7.36. The molecule has 4 aliphatic rings. The zero-order valence-corrected chi connectivity index (χ0v) is 16.0. The normalized spacial score (nSPS) is 41.0. The van der Waals surface area contributed by atoms with Crippen molar-refractivity contribution in [1.29, 1.82) is 0 Å². The summed E-state index contributed by atoms with van der Waals surface area (Å²) in [7, 11) is 0. The van der Waals surface area contributed by atoms with Gasteiger partial charge >= 0.3 is 6.18 Å². The summed E-state index contributed by atoms with van der Waals surface area (Å²) in [6.07, 6.45) is 2.53. The van der Waals surface area contributed by atoms with Gasteiger partial charge in [-0.05, 0) is 69.2 Å². The van der Waals surface area contributed by atoms with Crippen LogP contribution in [0.2, 0.25) is 0 Å². The fraction of sp³-hybridized carbons (Fsp3) is 0.950. The van der Waals surface area contributed by atoms with E-state index in [1.165, 1.54) is 0 Å². The summed E-state index contributed by atoms with van der Waals surface area (Å²) >= 11 is 0. The average molecular weight is 387 g/mol. The van der Waals surface area contributed by atoms with Gasteiger partial charge in [-0.25, -0.2) is 0 Å². The molecule has 154 valence electrons. The number of nitrogens with one attached hydrogen (secondary N) is 3. The lowest BCUT2D eigenvalue weighted by Gasteiger charge is -2.37. The number of halogens is 3. The van der Waals surface area contributed by atoms with Crippen LogP contribution in [-0.2, 0) is 4.79 Å². The Morgan fingerprint density at radius 2 is 1.89 bits per heavy atom. The first-order valence-electron chi connectivity index (χ1n) is 10.7. The predicted molar refractivity (Wildman–Crippen MR) is 97.1 cm³/mol. The molecule has 1 amide bonds. The monoisotopic (exact) mass is 387 g/mol. The standard InChI is InChI=1S/C20H32F3N3O/c1-11-4-3-9-24-16(11)18(12-7-8-12)26-19(27)15-10-13-5-2-6-14(17(13)25-15)20(21,22)23/h11-18,24-25H,2-10H2,1H3,(H,26,27). The number of hydrogen-bond donors (Lipinski definition) is 3. The molecule has 0 radical (unpaired) electrons. The SMILES string of the molecule is CC1CCCNC1C(NC(=O)C1CC2CCCC(C(F)(F)F)C2N1)C1CC1. The molecule has 3 N–H and O–H groups in total. The van der Waals surface area contributed by atoms with Crippen molar-refractivity contribution in [2.24, 2.45) is 23.7 Å². The summed E-state index contributed by atoms with van der Waals surface area (Å²) in [6.45, 7) is 3.21. The molecular weight excluding hydrogens is 355 g/mol. The smallest absolute Gasteiger partial charge is 0.350 e. The molecule has 4 rings (SSSR count). The molecule has 0 bridgehead atoms. The predicted octanol–water partition coefficient (Wildman–Crippen LogP) is 2.98. The summed E-state index contributed by atoms with van der Waals surface area (Å²) in [5.41, 5.74) is 0. The maximum absolute atomic E-state index is 13.4. The lowest BCUT2D eigenvalue weighted by molar-refractivity contribution is -0.191. The molecule has 2 heterocycles. The lowest BCUT2D eigenvalue weighted by Crippen LogP contribution is -2.58. The van der Waals surface area contributed by atoms with E-state index in [9.17, 15) is 18.0 Å². The molecule has 4 fully saturated rings. The van der Waals surface area contributed by atoms with E-state index in [4.69, 9.17) is 0 Å². The van der Waals surface area contributed by atoms with Crippen molar-refractivity contribution >= 4 is 5.91 Å². The Bertz CT molecular complexity index is 551. The summed E-state index contributed by atoms with van der Waals surface area (Å²) in [5, 5.41) is 9.89. The number of piperidine rings is 1. The van der Waals surface area contributed by atoms with Crippen molar-refractivity contribution in [3.8, 4) is 0 Å². The van der Waals surface area contributed by atoms with Crippen LogP contribution in [0.5, 0.6) is 0 Å². The molecule has 7 atom stereocenters. The molecule has 2 saturated heterocycles. The van der Waals surface area contributed by atoms with Crippen LogP contribution in [0.4, 0.5) is 13.2 Å². The minimum absolute atomic E-state index is 0.0350. The molecule has 0 aromatic carbocycles. The van der Waals surface area contributed by atoms with Gasteiger partial charge in [-0.2, -0.15) is 13.2 Å². The minimum atomic E-state index is -4.18. The first-order chi connectivity index (χ1) is 12.8. The molecule has 0 spiro atoms. The second kappa shape index (κ2) is 7.54. The van der Waals surface area contributed by atoms with Crippen LogP contribution in [0.25, 0.3) is 0 Å². The van der Waals surface area contributed by atoms with Gasteiger partial charge in [0.15, 0.2) is 0 Å². The van der Waals surface area contributed by atoms with Gasteiger partial charge in [-0.15, -0.1) is 0 Å². The number of fused-ring (bicyclic) bond motifs is 1. The van der Waals surface area contributed by atoms with Gasteiger partial charge in [0.1, 0.15) is 0 Å². The molecule has 2 aliphatic carbocycles. The third-order valence-electron chi connectivity index (χ3n) is 7.36. The van der Waals surface area contributed by atoms with Crippen molar-refractivity contribution in [2.45, 2.75) is 88.6 Å².